The fourth-order valence-electron chi connectivity index (χ4n) is 2.82. The highest BCUT2D eigenvalue weighted by Gasteiger charge is 2.15. The Bertz CT molecular complexity index is 542. The monoisotopic (exact) mass is 334 g/mol. The van der Waals surface area contributed by atoms with E-state index < -0.39 is 0 Å². The van der Waals surface area contributed by atoms with Crippen LogP contribution in [0.4, 0.5) is 4.79 Å². The number of carbonyl (C=O) groups excluding carboxylic acids is 2. The smallest absolute Gasteiger partial charge is 0.315 e. The summed E-state index contributed by atoms with van der Waals surface area (Å²) in [7, 11) is 1.54. The van der Waals surface area contributed by atoms with Gasteiger partial charge in [-0.15, -0.1) is 0 Å². The van der Waals surface area contributed by atoms with Crippen LogP contribution >= 0.6 is 0 Å². The first-order chi connectivity index (χ1) is 11.7. The molecule has 0 spiro atoms. The molecular weight excluding hydrogens is 308 g/mol. The first-order valence-electron chi connectivity index (χ1n) is 8.53. The molecule has 2 N–H and O–H groups in total. The van der Waals surface area contributed by atoms with Gasteiger partial charge in [-0.25, -0.2) is 4.79 Å². The molecule has 1 aliphatic carbocycles. The Morgan fingerprint density at radius 2 is 2.04 bits per heavy atom. The Hall–Kier alpha value is -2.24. The molecule has 0 bridgehead atoms. The van der Waals surface area contributed by atoms with Crippen molar-refractivity contribution < 1.29 is 19.1 Å². The lowest BCUT2D eigenvalue weighted by atomic mass is 9.96. The summed E-state index contributed by atoms with van der Waals surface area (Å²) >= 11 is 0. The summed E-state index contributed by atoms with van der Waals surface area (Å²) in [5.74, 6) is 1.12. The largest absolute Gasteiger partial charge is 0.493 e. The Morgan fingerprint density at radius 1 is 1.25 bits per heavy atom. The van der Waals surface area contributed by atoms with Crippen molar-refractivity contribution in [3.63, 3.8) is 0 Å². The third kappa shape index (κ3) is 5.76. The zero-order valence-corrected chi connectivity index (χ0v) is 14.2. The molecule has 1 saturated carbocycles. The predicted molar refractivity (Wildman–Crippen MR) is 91.9 cm³/mol. The summed E-state index contributed by atoms with van der Waals surface area (Å²) in [6.07, 6.45) is 7.28. The van der Waals surface area contributed by atoms with Gasteiger partial charge < -0.3 is 20.1 Å². The number of nitrogens with one attached hydrogen (secondary N) is 2. The van der Waals surface area contributed by atoms with E-state index in [-0.39, 0.29) is 6.03 Å². The molecule has 1 aliphatic rings. The average molecular weight is 334 g/mol. The van der Waals surface area contributed by atoms with E-state index in [0.29, 0.717) is 42.7 Å². The van der Waals surface area contributed by atoms with Crippen LogP contribution in [0.5, 0.6) is 11.5 Å². The first-order valence-corrected chi connectivity index (χ1v) is 8.53. The zero-order valence-electron chi connectivity index (χ0n) is 14.2. The van der Waals surface area contributed by atoms with E-state index in [1.165, 1.54) is 26.4 Å². The van der Waals surface area contributed by atoms with E-state index in [4.69, 9.17) is 9.47 Å². The molecule has 1 aromatic rings. The van der Waals surface area contributed by atoms with Crippen LogP contribution < -0.4 is 20.1 Å². The van der Waals surface area contributed by atoms with Crippen LogP contribution in [0.1, 0.15) is 48.9 Å². The maximum absolute atomic E-state index is 11.8. The van der Waals surface area contributed by atoms with Gasteiger partial charge in [0.25, 0.3) is 0 Å². The van der Waals surface area contributed by atoms with E-state index in [1.807, 2.05) is 0 Å². The van der Waals surface area contributed by atoms with Crippen LogP contribution in [0, 0.1) is 0 Å². The maximum atomic E-state index is 11.8. The minimum Gasteiger partial charge on any atom is -0.493 e. The standard InChI is InChI=1S/C18H26N2O4/c1-23-17-12-14(13-21)8-9-16(17)24-11-5-10-19-18(22)20-15-6-3-2-4-7-15/h8-9,12-13,15H,2-7,10-11H2,1H3,(H2,19,20,22). The molecule has 0 atom stereocenters. The second-order valence-corrected chi connectivity index (χ2v) is 5.97. The summed E-state index contributed by atoms with van der Waals surface area (Å²) in [5.41, 5.74) is 0.542. The molecule has 1 aromatic carbocycles. The average Bonchev–Trinajstić information content (AvgIpc) is 2.62. The van der Waals surface area contributed by atoms with E-state index in [9.17, 15) is 9.59 Å². The third-order valence-electron chi connectivity index (χ3n) is 4.13. The highest BCUT2D eigenvalue weighted by atomic mass is 16.5. The van der Waals surface area contributed by atoms with Gasteiger partial charge in [0.05, 0.1) is 13.7 Å². The molecule has 2 amide bonds. The molecule has 0 saturated heterocycles. The highest BCUT2D eigenvalue weighted by molar-refractivity contribution is 5.76. The molecule has 2 rings (SSSR count). The van der Waals surface area contributed by atoms with Crippen molar-refractivity contribution in [1.82, 2.24) is 10.6 Å². The molecule has 0 unspecified atom stereocenters. The summed E-state index contributed by atoms with van der Waals surface area (Å²) in [4.78, 5) is 22.5. The molecule has 6 heteroatoms. The lowest BCUT2D eigenvalue weighted by molar-refractivity contribution is 0.112. The van der Waals surface area contributed by atoms with Crippen molar-refractivity contribution >= 4 is 12.3 Å². The van der Waals surface area contributed by atoms with E-state index in [1.54, 1.807) is 18.2 Å². The number of methoxy groups -OCH3 is 1. The Balaban J connectivity index is 1.64. The molecule has 0 radical (unpaired) electrons. The number of benzene rings is 1. The molecular formula is C18H26N2O4. The Kier molecular flexibility index (Phi) is 7.39. The molecule has 24 heavy (non-hydrogen) atoms. The topological polar surface area (TPSA) is 76.7 Å². The number of carbonyl (C=O) groups is 2. The predicted octanol–water partition coefficient (Wildman–Crippen LogP) is 2.91. The number of ether oxygens (including phenoxy) is 2. The molecule has 0 aromatic heterocycles. The third-order valence-corrected chi connectivity index (χ3v) is 4.13. The molecule has 1 fully saturated rings. The van der Waals surface area contributed by atoms with Gasteiger partial charge in [0.1, 0.15) is 6.29 Å². The second-order valence-electron chi connectivity index (χ2n) is 5.97. The Labute approximate surface area is 142 Å². The number of hydrogen-bond acceptors (Lipinski definition) is 4. The fourth-order valence-corrected chi connectivity index (χ4v) is 2.82. The second kappa shape index (κ2) is 9.80. The van der Waals surface area contributed by atoms with Crippen LogP contribution in [0.25, 0.3) is 0 Å². The van der Waals surface area contributed by atoms with Crippen LogP contribution in [-0.4, -0.2) is 38.6 Å². The van der Waals surface area contributed by atoms with E-state index in [0.717, 1.165) is 19.1 Å². The Morgan fingerprint density at radius 3 is 2.75 bits per heavy atom. The molecule has 132 valence electrons. The van der Waals surface area contributed by atoms with Crippen molar-refractivity contribution in [2.45, 2.75) is 44.6 Å². The lowest BCUT2D eigenvalue weighted by Gasteiger charge is -2.22. The van der Waals surface area contributed by atoms with Crippen molar-refractivity contribution in [1.29, 1.82) is 0 Å². The number of amides is 2. The van der Waals surface area contributed by atoms with Gasteiger partial charge in [0, 0.05) is 18.2 Å². The van der Waals surface area contributed by atoms with Gasteiger partial charge in [-0.2, -0.15) is 0 Å². The van der Waals surface area contributed by atoms with Gasteiger partial charge in [-0.05, 0) is 37.5 Å². The van der Waals surface area contributed by atoms with Crippen molar-refractivity contribution in [3.05, 3.63) is 23.8 Å². The van der Waals surface area contributed by atoms with Gasteiger partial charge in [-0.3, -0.25) is 4.79 Å². The number of urea groups is 1. The van der Waals surface area contributed by atoms with Crippen molar-refractivity contribution in [2.24, 2.45) is 0 Å². The molecule has 0 aliphatic heterocycles. The summed E-state index contributed by atoms with van der Waals surface area (Å²) in [6.45, 7) is 1.01. The number of hydrogen-bond donors (Lipinski definition) is 2. The summed E-state index contributed by atoms with van der Waals surface area (Å²) < 4.78 is 10.9. The SMILES string of the molecule is COc1cc(C=O)ccc1OCCCNC(=O)NC1CCCCC1. The van der Waals surface area contributed by atoms with Crippen molar-refractivity contribution in [3.8, 4) is 11.5 Å². The fraction of sp³-hybridized carbons (Fsp3) is 0.556. The minimum atomic E-state index is -0.102. The van der Waals surface area contributed by atoms with Crippen LogP contribution in [0.2, 0.25) is 0 Å². The van der Waals surface area contributed by atoms with Crippen LogP contribution in [0.3, 0.4) is 0 Å². The molecule has 6 nitrogen and oxygen atoms in total. The van der Waals surface area contributed by atoms with Gasteiger partial charge >= 0.3 is 6.03 Å². The van der Waals surface area contributed by atoms with Crippen molar-refractivity contribution in [2.75, 3.05) is 20.3 Å². The van der Waals surface area contributed by atoms with Gasteiger partial charge in [0.15, 0.2) is 11.5 Å². The highest BCUT2D eigenvalue weighted by Crippen LogP contribution is 2.27. The zero-order chi connectivity index (χ0) is 17.2. The number of aldehydes is 1. The molecule has 0 heterocycles. The summed E-state index contributed by atoms with van der Waals surface area (Å²) in [6, 6.07) is 5.25. The van der Waals surface area contributed by atoms with E-state index >= 15 is 0 Å². The normalized spacial score (nSPS) is 14.7. The quantitative estimate of drug-likeness (QED) is 0.566. The minimum absolute atomic E-state index is 0.102. The summed E-state index contributed by atoms with van der Waals surface area (Å²) in [5, 5.41) is 5.87. The first kappa shape index (κ1) is 18.1. The van der Waals surface area contributed by atoms with Gasteiger partial charge in [0.2, 0.25) is 0 Å². The lowest BCUT2D eigenvalue weighted by Crippen LogP contribution is -2.43. The van der Waals surface area contributed by atoms with E-state index in [2.05, 4.69) is 10.6 Å². The van der Waals surface area contributed by atoms with Gasteiger partial charge in [-0.1, -0.05) is 19.3 Å². The van der Waals surface area contributed by atoms with Crippen LogP contribution in [-0.2, 0) is 0 Å². The maximum Gasteiger partial charge on any atom is 0.315 e. The number of rotatable bonds is 8. The van der Waals surface area contributed by atoms with Crippen LogP contribution in [0.15, 0.2) is 18.2 Å².